The number of carbonyl (C=O) groups excluding carboxylic acids is 1. The lowest BCUT2D eigenvalue weighted by molar-refractivity contribution is 0.0626. The van der Waals surface area contributed by atoms with E-state index in [-0.39, 0.29) is 18.2 Å². The molecule has 5 nitrogen and oxygen atoms in total. The fourth-order valence-corrected chi connectivity index (χ4v) is 2.45. The summed E-state index contributed by atoms with van der Waals surface area (Å²) >= 11 is 5.90. The normalized spacial score (nSPS) is 16.7. The zero-order valence-electron chi connectivity index (χ0n) is 13.5. The van der Waals surface area contributed by atoms with Gasteiger partial charge in [0.2, 0.25) is 0 Å². The van der Waals surface area contributed by atoms with Gasteiger partial charge in [0.15, 0.2) is 6.10 Å². The second kappa shape index (κ2) is 8.02. The van der Waals surface area contributed by atoms with Crippen LogP contribution >= 0.6 is 11.6 Å². The number of nitrogens with one attached hydrogen (secondary N) is 1. The molecule has 1 heterocycles. The second-order valence-electron chi connectivity index (χ2n) is 5.77. The Bertz CT molecular complexity index is 584. The Hall–Kier alpha value is -2.01. The molecule has 23 heavy (non-hydrogen) atoms. The smallest absolute Gasteiger partial charge is 0.318 e. The summed E-state index contributed by atoms with van der Waals surface area (Å²) in [5, 5.41) is 7.71. The third-order valence-corrected chi connectivity index (χ3v) is 3.64. The van der Waals surface area contributed by atoms with Crippen LogP contribution < -0.4 is 5.32 Å². The third-order valence-electron chi connectivity index (χ3n) is 3.38. The van der Waals surface area contributed by atoms with Crippen molar-refractivity contribution in [2.75, 3.05) is 13.1 Å². The molecule has 1 N–H and O–H groups in total. The first-order valence-electron chi connectivity index (χ1n) is 7.64. The minimum absolute atomic E-state index is 0.0835. The maximum atomic E-state index is 12.2. The van der Waals surface area contributed by atoms with E-state index in [0.717, 1.165) is 11.3 Å². The number of rotatable bonds is 6. The number of amides is 2. The van der Waals surface area contributed by atoms with Gasteiger partial charge in [-0.05, 0) is 31.5 Å². The highest BCUT2D eigenvalue weighted by Crippen LogP contribution is 2.19. The number of hydrogen-bond acceptors (Lipinski definition) is 3. The molecule has 0 fully saturated rings. The van der Waals surface area contributed by atoms with Gasteiger partial charge >= 0.3 is 6.03 Å². The van der Waals surface area contributed by atoms with Gasteiger partial charge < -0.3 is 15.1 Å². The molecular weight excluding hydrogens is 314 g/mol. The summed E-state index contributed by atoms with van der Waals surface area (Å²) in [5.41, 5.74) is 1.85. The van der Waals surface area contributed by atoms with Gasteiger partial charge in [0, 0.05) is 24.0 Å². The van der Waals surface area contributed by atoms with E-state index in [2.05, 4.69) is 17.1 Å². The molecule has 0 spiro atoms. The van der Waals surface area contributed by atoms with Crippen molar-refractivity contribution in [3.8, 4) is 0 Å². The van der Waals surface area contributed by atoms with Crippen molar-refractivity contribution < 1.29 is 9.63 Å². The average molecular weight is 336 g/mol. The van der Waals surface area contributed by atoms with Gasteiger partial charge in [-0.3, -0.25) is 0 Å². The number of carbonyl (C=O) groups is 1. The van der Waals surface area contributed by atoms with Crippen molar-refractivity contribution in [2.24, 2.45) is 5.16 Å². The quantitative estimate of drug-likeness (QED) is 0.810. The van der Waals surface area contributed by atoms with Crippen LogP contribution in [0.1, 0.15) is 25.8 Å². The van der Waals surface area contributed by atoms with Crippen LogP contribution in [-0.2, 0) is 4.84 Å². The van der Waals surface area contributed by atoms with Gasteiger partial charge in [-0.15, -0.1) is 6.58 Å². The number of urea groups is 1. The Balaban J connectivity index is 1.94. The van der Waals surface area contributed by atoms with Crippen molar-refractivity contribution in [3.63, 3.8) is 0 Å². The highest BCUT2D eigenvalue weighted by molar-refractivity contribution is 6.30. The summed E-state index contributed by atoms with van der Waals surface area (Å²) in [6, 6.07) is 7.45. The van der Waals surface area contributed by atoms with E-state index < -0.39 is 0 Å². The Morgan fingerprint density at radius 2 is 2.22 bits per heavy atom. The molecule has 1 aliphatic heterocycles. The molecule has 1 aliphatic rings. The minimum atomic E-state index is -0.154. The standard InChI is InChI=1S/C17H22ClN3O2/c1-4-9-21(17(22)19-12(2)3)11-15-10-16(20-23-15)13-5-7-14(18)8-6-13/h4-8,12,15H,1,9-11H2,2-3H3,(H,19,22)/t15-/m1/s1. The van der Waals surface area contributed by atoms with E-state index in [0.29, 0.717) is 24.5 Å². The van der Waals surface area contributed by atoms with E-state index in [1.165, 1.54) is 0 Å². The predicted octanol–water partition coefficient (Wildman–Crippen LogP) is 3.44. The molecule has 0 aliphatic carbocycles. The number of hydrogen-bond donors (Lipinski definition) is 1. The van der Waals surface area contributed by atoms with E-state index in [1.807, 2.05) is 38.1 Å². The number of nitrogens with zero attached hydrogens (tertiary/aromatic N) is 2. The topological polar surface area (TPSA) is 53.9 Å². The summed E-state index contributed by atoms with van der Waals surface area (Å²) in [6.07, 6.45) is 2.21. The maximum absolute atomic E-state index is 12.2. The lowest BCUT2D eigenvalue weighted by Crippen LogP contribution is -2.46. The molecule has 0 saturated heterocycles. The second-order valence-corrected chi connectivity index (χ2v) is 6.21. The maximum Gasteiger partial charge on any atom is 0.318 e. The van der Waals surface area contributed by atoms with Crippen molar-refractivity contribution in [1.29, 1.82) is 0 Å². The zero-order valence-corrected chi connectivity index (χ0v) is 14.2. The van der Waals surface area contributed by atoms with Gasteiger partial charge in [-0.1, -0.05) is 35.0 Å². The highest BCUT2D eigenvalue weighted by Gasteiger charge is 2.26. The Morgan fingerprint density at radius 3 is 2.83 bits per heavy atom. The van der Waals surface area contributed by atoms with Crippen LogP contribution in [0.3, 0.4) is 0 Å². The molecule has 0 aromatic heterocycles. The first-order chi connectivity index (χ1) is 11.0. The molecule has 6 heteroatoms. The first-order valence-corrected chi connectivity index (χ1v) is 8.02. The van der Waals surface area contributed by atoms with Crippen molar-refractivity contribution in [1.82, 2.24) is 10.2 Å². The van der Waals surface area contributed by atoms with Gasteiger partial charge in [0.25, 0.3) is 0 Å². The molecule has 1 aromatic carbocycles. The van der Waals surface area contributed by atoms with Crippen molar-refractivity contribution in [3.05, 3.63) is 47.5 Å². The molecule has 0 radical (unpaired) electrons. The molecular formula is C17H22ClN3O2. The van der Waals surface area contributed by atoms with Crippen LogP contribution in [0.2, 0.25) is 5.02 Å². The fraction of sp³-hybridized carbons (Fsp3) is 0.412. The van der Waals surface area contributed by atoms with E-state index in [9.17, 15) is 4.79 Å². The molecule has 0 bridgehead atoms. The van der Waals surface area contributed by atoms with Crippen molar-refractivity contribution >= 4 is 23.3 Å². The van der Waals surface area contributed by atoms with Crippen LogP contribution in [0, 0.1) is 0 Å². The Morgan fingerprint density at radius 1 is 1.52 bits per heavy atom. The van der Waals surface area contributed by atoms with Crippen LogP contribution in [0.15, 0.2) is 42.1 Å². The van der Waals surface area contributed by atoms with Gasteiger partial charge in [0.1, 0.15) is 0 Å². The molecule has 2 rings (SSSR count). The van der Waals surface area contributed by atoms with E-state index in [1.54, 1.807) is 11.0 Å². The number of halogens is 1. The fourth-order valence-electron chi connectivity index (χ4n) is 2.32. The number of oxime groups is 1. The molecule has 124 valence electrons. The van der Waals surface area contributed by atoms with Gasteiger partial charge in [-0.25, -0.2) is 4.79 Å². The molecule has 2 amide bonds. The molecule has 0 saturated carbocycles. The predicted molar refractivity (Wildman–Crippen MR) is 92.9 cm³/mol. The summed E-state index contributed by atoms with van der Waals surface area (Å²) in [6.45, 7) is 8.49. The van der Waals surface area contributed by atoms with Crippen LogP contribution in [0.4, 0.5) is 4.79 Å². The monoisotopic (exact) mass is 335 g/mol. The SMILES string of the molecule is C=CCN(C[C@H]1CC(c2ccc(Cl)cc2)=NO1)C(=O)NC(C)C. The third kappa shape index (κ3) is 4.99. The zero-order chi connectivity index (χ0) is 16.8. The molecule has 1 atom stereocenters. The Kier molecular flexibility index (Phi) is 6.04. The number of benzene rings is 1. The van der Waals surface area contributed by atoms with Crippen molar-refractivity contribution in [2.45, 2.75) is 32.4 Å². The molecule has 1 aromatic rings. The van der Waals surface area contributed by atoms with Crippen LogP contribution in [0.5, 0.6) is 0 Å². The lowest BCUT2D eigenvalue weighted by atomic mass is 10.0. The highest BCUT2D eigenvalue weighted by atomic mass is 35.5. The lowest BCUT2D eigenvalue weighted by Gasteiger charge is -2.24. The van der Waals surface area contributed by atoms with Crippen LogP contribution in [0.25, 0.3) is 0 Å². The van der Waals surface area contributed by atoms with E-state index >= 15 is 0 Å². The van der Waals surface area contributed by atoms with Gasteiger partial charge in [0.05, 0.1) is 12.3 Å². The van der Waals surface area contributed by atoms with Gasteiger partial charge in [-0.2, -0.15) is 0 Å². The summed E-state index contributed by atoms with van der Waals surface area (Å²) in [5.74, 6) is 0. The Labute approximate surface area is 141 Å². The molecule has 0 unspecified atom stereocenters. The van der Waals surface area contributed by atoms with E-state index in [4.69, 9.17) is 16.4 Å². The average Bonchev–Trinajstić information content (AvgIpc) is 2.95. The summed E-state index contributed by atoms with van der Waals surface area (Å²) < 4.78 is 0. The largest absolute Gasteiger partial charge is 0.390 e. The van der Waals surface area contributed by atoms with Crippen LogP contribution in [-0.4, -0.2) is 41.9 Å². The summed E-state index contributed by atoms with van der Waals surface area (Å²) in [7, 11) is 0. The minimum Gasteiger partial charge on any atom is -0.390 e. The first kappa shape index (κ1) is 17.3. The summed E-state index contributed by atoms with van der Waals surface area (Å²) in [4.78, 5) is 19.3.